The summed E-state index contributed by atoms with van der Waals surface area (Å²) >= 11 is 0. The maximum Gasteiger partial charge on any atom is 0.103 e. The fourth-order valence-corrected chi connectivity index (χ4v) is 1.06. The Bertz CT molecular complexity index is 49.7. The van der Waals surface area contributed by atoms with Crippen LogP contribution in [0.5, 0.6) is 0 Å². The van der Waals surface area contributed by atoms with Crippen LogP contribution in [-0.4, -0.2) is 0 Å². The summed E-state index contributed by atoms with van der Waals surface area (Å²) in [5.74, 6) is 0. The van der Waals surface area contributed by atoms with E-state index < -0.39 is 8.37 Å². The lowest BCUT2D eigenvalue weighted by Crippen LogP contribution is -2.05. The zero-order valence-corrected chi connectivity index (χ0v) is 7.32. The molecule has 0 radical (unpaired) electrons. The first-order valence-corrected chi connectivity index (χ1v) is 5.32. The summed E-state index contributed by atoms with van der Waals surface area (Å²) in [6.07, 6.45) is 9.00. The van der Waals surface area contributed by atoms with Crippen molar-refractivity contribution in [1.29, 1.82) is 0 Å². The highest BCUT2D eigenvalue weighted by molar-refractivity contribution is 7.49. The molecule has 1 fully saturated rings. The summed E-state index contributed by atoms with van der Waals surface area (Å²) in [6.45, 7) is 0. The Morgan fingerprint density at radius 2 is 0.700 bits per heavy atom. The Kier molecular flexibility index (Phi) is 7.65. The van der Waals surface area contributed by atoms with Crippen LogP contribution in [-0.2, 0) is 0 Å². The van der Waals surface area contributed by atoms with E-state index in [-0.39, 0.29) is 0 Å². The summed E-state index contributed by atoms with van der Waals surface area (Å²) in [6, 6.07) is 0. The highest BCUT2D eigenvalue weighted by Crippen LogP contribution is 2.15. The molecule has 1 aliphatic carbocycles. The van der Waals surface area contributed by atoms with Crippen LogP contribution in [0.2, 0.25) is 0 Å². The third kappa shape index (κ3) is 11.2. The van der Waals surface area contributed by atoms with Crippen molar-refractivity contribution in [3.05, 3.63) is 0 Å². The van der Waals surface area contributed by atoms with Crippen molar-refractivity contribution >= 4 is 8.37 Å². The predicted octanol–water partition coefficient (Wildman–Crippen LogP) is 1.43. The molecule has 3 nitrogen and oxygen atoms in total. The number of hydrogen-bond acceptors (Lipinski definition) is 3. The zero-order valence-electron chi connectivity index (χ0n) is 6.42. The number of nitrogens with two attached hydrogens (primary N) is 3. The molecule has 10 heavy (non-hydrogen) atoms. The molecule has 4 heteroatoms. The van der Waals surface area contributed by atoms with Gasteiger partial charge < -0.3 is 0 Å². The van der Waals surface area contributed by atoms with Crippen LogP contribution in [0.4, 0.5) is 0 Å². The Morgan fingerprint density at radius 1 is 0.600 bits per heavy atom. The van der Waals surface area contributed by atoms with Gasteiger partial charge in [-0.25, -0.2) is 0 Å². The third-order valence-electron chi connectivity index (χ3n) is 1.50. The van der Waals surface area contributed by atoms with E-state index in [0.29, 0.717) is 0 Å². The Hall–Kier alpha value is 0.310. The Morgan fingerprint density at radius 3 is 0.800 bits per heavy atom. The highest BCUT2D eigenvalue weighted by atomic mass is 31.1. The average molecular weight is 163 g/mol. The van der Waals surface area contributed by atoms with E-state index in [1.165, 1.54) is 38.5 Å². The summed E-state index contributed by atoms with van der Waals surface area (Å²) in [7, 11) is -1.12. The topological polar surface area (TPSA) is 78.1 Å². The van der Waals surface area contributed by atoms with Crippen molar-refractivity contribution in [2.45, 2.75) is 38.5 Å². The maximum absolute atomic E-state index is 4.73. The monoisotopic (exact) mass is 163 g/mol. The molecule has 0 aromatic heterocycles. The first kappa shape index (κ1) is 10.3. The van der Waals surface area contributed by atoms with Gasteiger partial charge in [0.1, 0.15) is 8.37 Å². The first-order valence-electron chi connectivity index (χ1n) is 3.77. The fourth-order valence-electron chi connectivity index (χ4n) is 1.06. The lowest BCUT2D eigenvalue weighted by molar-refractivity contribution is 0.504. The van der Waals surface area contributed by atoms with E-state index >= 15 is 0 Å². The molecule has 0 heterocycles. The van der Waals surface area contributed by atoms with Crippen molar-refractivity contribution in [2.24, 2.45) is 16.5 Å². The third-order valence-corrected chi connectivity index (χ3v) is 1.50. The molecule has 0 bridgehead atoms. The molecular formula is C6H18N3P. The van der Waals surface area contributed by atoms with Crippen molar-refractivity contribution in [3.8, 4) is 0 Å². The van der Waals surface area contributed by atoms with Crippen LogP contribution < -0.4 is 16.5 Å². The molecular weight excluding hydrogens is 145 g/mol. The second-order valence-electron chi connectivity index (χ2n) is 2.57. The Balaban J connectivity index is 0.000000180. The summed E-state index contributed by atoms with van der Waals surface area (Å²) in [5.41, 5.74) is 14.2. The minimum Gasteiger partial charge on any atom is -0.285 e. The number of rotatable bonds is 0. The average Bonchev–Trinajstić information content (AvgIpc) is 1.90. The largest absolute Gasteiger partial charge is 0.285 e. The van der Waals surface area contributed by atoms with Gasteiger partial charge in [0.25, 0.3) is 0 Å². The quantitative estimate of drug-likeness (QED) is 0.473. The zero-order chi connectivity index (χ0) is 7.82. The summed E-state index contributed by atoms with van der Waals surface area (Å²) in [5, 5.41) is 0. The van der Waals surface area contributed by atoms with Crippen LogP contribution in [0.15, 0.2) is 0 Å². The molecule has 0 spiro atoms. The van der Waals surface area contributed by atoms with Crippen LogP contribution in [0, 0.1) is 0 Å². The molecule has 6 N–H and O–H groups in total. The van der Waals surface area contributed by atoms with Gasteiger partial charge in [-0.1, -0.05) is 38.5 Å². The van der Waals surface area contributed by atoms with Crippen molar-refractivity contribution < 1.29 is 0 Å². The molecule has 0 aliphatic heterocycles. The van der Waals surface area contributed by atoms with Gasteiger partial charge in [0.05, 0.1) is 0 Å². The van der Waals surface area contributed by atoms with Crippen LogP contribution in [0.3, 0.4) is 0 Å². The van der Waals surface area contributed by atoms with E-state index in [2.05, 4.69) is 0 Å². The molecule has 1 rings (SSSR count). The molecule has 0 saturated heterocycles. The molecule has 0 aromatic rings. The van der Waals surface area contributed by atoms with E-state index in [1.54, 1.807) is 0 Å². The van der Waals surface area contributed by atoms with Gasteiger partial charge >= 0.3 is 0 Å². The van der Waals surface area contributed by atoms with Crippen LogP contribution in [0.1, 0.15) is 38.5 Å². The highest BCUT2D eigenvalue weighted by Gasteiger charge is 1.95. The van der Waals surface area contributed by atoms with Crippen LogP contribution in [0.25, 0.3) is 0 Å². The number of hydrogen-bond donors (Lipinski definition) is 3. The molecule has 0 amide bonds. The second kappa shape index (κ2) is 7.42. The van der Waals surface area contributed by atoms with E-state index in [4.69, 9.17) is 16.5 Å². The van der Waals surface area contributed by atoms with E-state index in [0.717, 1.165) is 0 Å². The lowest BCUT2D eigenvalue weighted by Gasteiger charge is -2.05. The van der Waals surface area contributed by atoms with Gasteiger partial charge in [0.2, 0.25) is 0 Å². The molecule has 0 unspecified atom stereocenters. The minimum absolute atomic E-state index is 1.12. The maximum atomic E-state index is 4.73. The van der Waals surface area contributed by atoms with Gasteiger partial charge in [0.15, 0.2) is 0 Å². The molecule has 1 aliphatic rings. The summed E-state index contributed by atoms with van der Waals surface area (Å²) < 4.78 is 0. The molecule has 0 aromatic carbocycles. The molecule has 0 atom stereocenters. The van der Waals surface area contributed by atoms with E-state index in [9.17, 15) is 0 Å². The minimum atomic E-state index is -1.12. The summed E-state index contributed by atoms with van der Waals surface area (Å²) in [4.78, 5) is 0. The standard InChI is InChI=1S/C6H12.H6N3P/c1-2-4-6-5-3-1;1-4(2)3/h1-6H2;1-3H2. The van der Waals surface area contributed by atoms with Gasteiger partial charge in [0, 0.05) is 0 Å². The first-order chi connectivity index (χ1) is 4.73. The SMILES string of the molecule is C1CCCCC1.NP(N)N. The smallest absolute Gasteiger partial charge is 0.103 e. The Labute approximate surface area is 64.3 Å². The molecule has 62 valence electrons. The van der Waals surface area contributed by atoms with Crippen molar-refractivity contribution in [1.82, 2.24) is 0 Å². The predicted molar refractivity (Wildman–Crippen MR) is 47.2 cm³/mol. The van der Waals surface area contributed by atoms with E-state index in [1.807, 2.05) is 0 Å². The lowest BCUT2D eigenvalue weighted by atomic mass is 10.0. The van der Waals surface area contributed by atoms with Crippen LogP contribution >= 0.6 is 8.37 Å². The van der Waals surface area contributed by atoms with Gasteiger partial charge in [-0.05, 0) is 0 Å². The fraction of sp³-hybridized carbons (Fsp3) is 1.00. The van der Waals surface area contributed by atoms with Gasteiger partial charge in [-0.15, -0.1) is 0 Å². The van der Waals surface area contributed by atoms with Crippen molar-refractivity contribution in [3.63, 3.8) is 0 Å². The van der Waals surface area contributed by atoms with Gasteiger partial charge in [-0.3, -0.25) is 16.5 Å². The van der Waals surface area contributed by atoms with Gasteiger partial charge in [-0.2, -0.15) is 0 Å². The molecule has 1 saturated carbocycles. The normalized spacial score (nSPS) is 18.0. The van der Waals surface area contributed by atoms with Crippen molar-refractivity contribution in [2.75, 3.05) is 0 Å². The second-order valence-corrected chi connectivity index (χ2v) is 3.46.